The first-order valence-electron chi connectivity index (χ1n) is 10.7. The Morgan fingerprint density at radius 1 is 1.03 bits per heavy atom. The van der Waals surface area contributed by atoms with Crippen molar-refractivity contribution in [2.45, 2.75) is 12.5 Å². The number of H-pyrrole nitrogens is 1. The smallest absolute Gasteiger partial charge is 0.322 e. The van der Waals surface area contributed by atoms with E-state index in [1.165, 1.54) is 5.56 Å². The number of halogens is 1. The van der Waals surface area contributed by atoms with E-state index in [-0.39, 0.29) is 12.1 Å². The first-order valence-corrected chi connectivity index (χ1v) is 11.1. The molecule has 4 aromatic rings. The highest BCUT2D eigenvalue weighted by Crippen LogP contribution is 2.40. The summed E-state index contributed by atoms with van der Waals surface area (Å²) in [6.45, 7) is 0.570. The molecule has 0 bridgehead atoms. The van der Waals surface area contributed by atoms with Crippen LogP contribution in [0, 0.1) is 0 Å². The molecule has 0 aliphatic carbocycles. The number of hydrogen-bond acceptors (Lipinski definition) is 3. The average molecular weight is 462 g/mol. The van der Waals surface area contributed by atoms with Gasteiger partial charge in [-0.2, -0.15) is 0 Å². The molecule has 33 heavy (non-hydrogen) atoms. The topological polar surface area (TPSA) is 66.6 Å². The number of rotatable bonds is 4. The summed E-state index contributed by atoms with van der Waals surface area (Å²) in [6, 6.07) is 20.6. The zero-order valence-corrected chi connectivity index (χ0v) is 19.1. The van der Waals surface area contributed by atoms with E-state index in [0.29, 0.717) is 17.3 Å². The molecule has 168 valence electrons. The molecule has 1 aromatic heterocycles. The molecule has 2 heterocycles. The lowest BCUT2D eigenvalue weighted by Crippen LogP contribution is -2.43. The molecule has 1 aliphatic heterocycles. The Bertz CT molecular complexity index is 1320. The molecule has 0 saturated carbocycles. The SMILES string of the molecule is COc1ccc([C@@H]2c3[nH]c4ccc(OC)cc4c3CCN2C(=O)Nc2cccc(Cl)c2)cc1. The lowest BCUT2D eigenvalue weighted by Gasteiger charge is -2.36. The van der Waals surface area contributed by atoms with Crippen LogP contribution in [0.15, 0.2) is 66.7 Å². The zero-order valence-electron chi connectivity index (χ0n) is 18.4. The standard InChI is InChI=1S/C26H24ClN3O3/c1-32-19-8-6-16(7-9-19)25-24-21(22-15-20(33-2)10-11-23(22)29-24)12-13-30(25)26(31)28-18-5-3-4-17(27)14-18/h3-11,14-15,25,29H,12-13H2,1-2H3,(H,28,31)/t25-/m1/s1. The van der Waals surface area contributed by atoms with Gasteiger partial charge in [0.25, 0.3) is 0 Å². The second-order valence-corrected chi connectivity index (χ2v) is 8.42. The summed E-state index contributed by atoms with van der Waals surface area (Å²) in [7, 11) is 3.31. The van der Waals surface area contributed by atoms with E-state index in [0.717, 1.165) is 40.1 Å². The highest BCUT2D eigenvalue weighted by atomic mass is 35.5. The summed E-state index contributed by atoms with van der Waals surface area (Å²) in [5.41, 5.74) is 4.90. The molecule has 1 atom stereocenters. The molecule has 0 saturated heterocycles. The van der Waals surface area contributed by atoms with E-state index in [1.807, 2.05) is 53.4 Å². The predicted molar refractivity (Wildman–Crippen MR) is 131 cm³/mol. The third kappa shape index (κ3) is 3.98. The van der Waals surface area contributed by atoms with Crippen molar-refractivity contribution in [2.75, 3.05) is 26.1 Å². The van der Waals surface area contributed by atoms with E-state index < -0.39 is 0 Å². The molecule has 2 N–H and O–H groups in total. The lowest BCUT2D eigenvalue weighted by atomic mass is 9.92. The van der Waals surface area contributed by atoms with Crippen molar-refractivity contribution in [2.24, 2.45) is 0 Å². The van der Waals surface area contributed by atoms with Gasteiger partial charge in [0.05, 0.1) is 20.3 Å². The van der Waals surface area contributed by atoms with Gasteiger partial charge in [-0.25, -0.2) is 4.79 Å². The average Bonchev–Trinajstić information content (AvgIpc) is 3.21. The minimum Gasteiger partial charge on any atom is -0.497 e. The molecule has 0 unspecified atom stereocenters. The zero-order chi connectivity index (χ0) is 22.9. The maximum Gasteiger partial charge on any atom is 0.322 e. The number of hydrogen-bond donors (Lipinski definition) is 2. The molecule has 0 radical (unpaired) electrons. The Morgan fingerprint density at radius 2 is 1.79 bits per heavy atom. The predicted octanol–water partition coefficient (Wildman–Crippen LogP) is 6.02. The third-order valence-electron chi connectivity index (χ3n) is 6.10. The molecular formula is C26H24ClN3O3. The van der Waals surface area contributed by atoms with Gasteiger partial charge < -0.3 is 24.7 Å². The summed E-state index contributed by atoms with van der Waals surface area (Å²) in [6.07, 6.45) is 0.734. The number of urea groups is 1. The molecule has 7 heteroatoms. The fourth-order valence-electron chi connectivity index (χ4n) is 4.51. The molecule has 0 fully saturated rings. The number of amides is 2. The van der Waals surface area contributed by atoms with E-state index in [9.17, 15) is 4.79 Å². The first-order chi connectivity index (χ1) is 16.1. The second kappa shape index (κ2) is 8.71. The van der Waals surface area contributed by atoms with Crippen LogP contribution in [-0.2, 0) is 6.42 Å². The Labute approximate surface area is 197 Å². The number of methoxy groups -OCH3 is 2. The van der Waals surface area contributed by atoms with Crippen molar-refractivity contribution < 1.29 is 14.3 Å². The number of nitrogens with zero attached hydrogens (tertiary/aromatic N) is 1. The van der Waals surface area contributed by atoms with Gasteiger partial charge in [-0.05, 0) is 66.1 Å². The fraction of sp³-hybridized carbons (Fsp3) is 0.192. The van der Waals surface area contributed by atoms with Gasteiger partial charge in [0.1, 0.15) is 11.5 Å². The summed E-state index contributed by atoms with van der Waals surface area (Å²) in [4.78, 5) is 18.9. The summed E-state index contributed by atoms with van der Waals surface area (Å²) in [5.74, 6) is 1.58. The van der Waals surface area contributed by atoms with Crippen LogP contribution in [0.25, 0.3) is 10.9 Å². The van der Waals surface area contributed by atoms with Crippen molar-refractivity contribution in [1.29, 1.82) is 0 Å². The van der Waals surface area contributed by atoms with Gasteiger partial charge in [-0.15, -0.1) is 0 Å². The Kier molecular flexibility index (Phi) is 5.60. The van der Waals surface area contributed by atoms with Crippen molar-refractivity contribution in [3.8, 4) is 11.5 Å². The van der Waals surface area contributed by atoms with Crippen LogP contribution in [-0.4, -0.2) is 36.7 Å². The van der Waals surface area contributed by atoms with Crippen LogP contribution >= 0.6 is 11.6 Å². The number of aromatic nitrogens is 1. The van der Waals surface area contributed by atoms with Crippen molar-refractivity contribution in [3.05, 3.63) is 88.6 Å². The summed E-state index contributed by atoms with van der Waals surface area (Å²) in [5, 5.41) is 4.70. The van der Waals surface area contributed by atoms with Crippen LogP contribution in [0.2, 0.25) is 5.02 Å². The molecule has 6 nitrogen and oxygen atoms in total. The number of carbonyl (C=O) groups is 1. The lowest BCUT2D eigenvalue weighted by molar-refractivity contribution is 0.193. The maximum absolute atomic E-state index is 13.4. The summed E-state index contributed by atoms with van der Waals surface area (Å²) < 4.78 is 10.8. The van der Waals surface area contributed by atoms with Gasteiger partial charge in [0, 0.05) is 33.9 Å². The van der Waals surface area contributed by atoms with Crippen molar-refractivity contribution in [3.63, 3.8) is 0 Å². The number of nitrogens with one attached hydrogen (secondary N) is 2. The van der Waals surface area contributed by atoms with Crippen LogP contribution in [0.1, 0.15) is 22.9 Å². The van der Waals surface area contributed by atoms with Crippen molar-refractivity contribution >= 4 is 34.2 Å². The largest absolute Gasteiger partial charge is 0.497 e. The normalized spacial score (nSPS) is 15.2. The Hall–Kier alpha value is -3.64. The van der Waals surface area contributed by atoms with Gasteiger partial charge in [0.2, 0.25) is 0 Å². The van der Waals surface area contributed by atoms with Gasteiger partial charge in [0.15, 0.2) is 0 Å². The first kappa shape index (κ1) is 21.2. The molecular weight excluding hydrogens is 438 g/mol. The molecule has 3 aromatic carbocycles. The second-order valence-electron chi connectivity index (χ2n) is 7.99. The third-order valence-corrected chi connectivity index (χ3v) is 6.34. The molecule has 2 amide bonds. The highest BCUT2D eigenvalue weighted by molar-refractivity contribution is 6.30. The van der Waals surface area contributed by atoms with E-state index >= 15 is 0 Å². The minimum atomic E-state index is -0.280. The number of carbonyl (C=O) groups excluding carboxylic acids is 1. The highest BCUT2D eigenvalue weighted by Gasteiger charge is 2.34. The number of ether oxygens (including phenoxy) is 2. The fourth-order valence-corrected chi connectivity index (χ4v) is 4.70. The Balaban J connectivity index is 1.58. The van der Waals surface area contributed by atoms with E-state index in [1.54, 1.807) is 26.4 Å². The molecule has 1 aliphatic rings. The van der Waals surface area contributed by atoms with Crippen LogP contribution in [0.5, 0.6) is 11.5 Å². The molecule has 0 spiro atoms. The number of fused-ring (bicyclic) bond motifs is 3. The van der Waals surface area contributed by atoms with E-state index in [4.69, 9.17) is 21.1 Å². The maximum atomic E-state index is 13.4. The van der Waals surface area contributed by atoms with Gasteiger partial charge in [-0.1, -0.05) is 29.8 Å². The number of anilines is 1. The summed E-state index contributed by atoms with van der Waals surface area (Å²) >= 11 is 6.11. The van der Waals surface area contributed by atoms with Crippen LogP contribution in [0.3, 0.4) is 0 Å². The minimum absolute atomic E-state index is 0.181. The molecule has 5 rings (SSSR count). The Morgan fingerprint density at radius 3 is 2.52 bits per heavy atom. The number of benzene rings is 3. The van der Waals surface area contributed by atoms with Gasteiger partial charge in [-0.3, -0.25) is 0 Å². The number of aromatic amines is 1. The van der Waals surface area contributed by atoms with E-state index in [2.05, 4.69) is 16.4 Å². The quantitative estimate of drug-likeness (QED) is 0.390. The van der Waals surface area contributed by atoms with Crippen molar-refractivity contribution in [1.82, 2.24) is 9.88 Å². The monoisotopic (exact) mass is 461 g/mol. The van der Waals surface area contributed by atoms with Crippen LogP contribution in [0.4, 0.5) is 10.5 Å². The van der Waals surface area contributed by atoms with Gasteiger partial charge >= 0.3 is 6.03 Å². The van der Waals surface area contributed by atoms with Crippen LogP contribution < -0.4 is 14.8 Å².